The standard InChI is InChI=1S/C15H14N2O2/c1-10-3-4-12(8-16)7-15(10)19-13-5-6-14(11(2)18)17-9-13/h3-7,9,11,18H,1-2H3/t11-/m1/s1. The Labute approximate surface area is 111 Å². The first-order valence-electron chi connectivity index (χ1n) is 5.93. The fourth-order valence-electron chi connectivity index (χ4n) is 1.61. The Hall–Kier alpha value is -2.38. The number of hydrogen-bond donors (Lipinski definition) is 1. The Bertz CT molecular complexity index is 613. The number of aryl methyl sites for hydroxylation is 1. The van der Waals surface area contributed by atoms with Crippen molar-refractivity contribution in [3.63, 3.8) is 0 Å². The van der Waals surface area contributed by atoms with Crippen LogP contribution in [0.5, 0.6) is 11.5 Å². The Morgan fingerprint density at radius 3 is 2.68 bits per heavy atom. The van der Waals surface area contributed by atoms with Crippen LogP contribution in [0.2, 0.25) is 0 Å². The molecule has 0 spiro atoms. The number of aliphatic hydroxyl groups is 1. The predicted octanol–water partition coefficient (Wildman–Crippen LogP) is 3.11. The van der Waals surface area contributed by atoms with E-state index < -0.39 is 6.10 Å². The quantitative estimate of drug-likeness (QED) is 0.913. The van der Waals surface area contributed by atoms with Crippen LogP contribution in [-0.2, 0) is 0 Å². The van der Waals surface area contributed by atoms with Gasteiger partial charge in [-0.3, -0.25) is 4.98 Å². The van der Waals surface area contributed by atoms with Crippen molar-refractivity contribution in [2.75, 3.05) is 0 Å². The second-order valence-electron chi connectivity index (χ2n) is 4.29. The van der Waals surface area contributed by atoms with E-state index in [-0.39, 0.29) is 0 Å². The van der Waals surface area contributed by atoms with Crippen LogP contribution in [0.3, 0.4) is 0 Å². The SMILES string of the molecule is Cc1ccc(C#N)cc1Oc1ccc([C@@H](C)O)nc1. The molecule has 0 aliphatic rings. The van der Waals surface area contributed by atoms with Gasteiger partial charge in [0.25, 0.3) is 0 Å². The molecule has 19 heavy (non-hydrogen) atoms. The molecule has 4 heteroatoms. The monoisotopic (exact) mass is 254 g/mol. The number of ether oxygens (including phenoxy) is 1. The molecule has 1 aromatic heterocycles. The summed E-state index contributed by atoms with van der Waals surface area (Å²) in [6.45, 7) is 3.57. The molecule has 0 amide bonds. The third-order valence-corrected chi connectivity index (χ3v) is 2.73. The minimum absolute atomic E-state index is 0.550. The van der Waals surface area contributed by atoms with E-state index in [2.05, 4.69) is 11.1 Å². The number of aliphatic hydroxyl groups excluding tert-OH is 1. The van der Waals surface area contributed by atoms with E-state index in [0.29, 0.717) is 22.8 Å². The van der Waals surface area contributed by atoms with Crippen molar-refractivity contribution in [3.8, 4) is 17.6 Å². The molecule has 2 aromatic rings. The number of nitriles is 1. The number of aromatic nitrogens is 1. The Morgan fingerprint density at radius 2 is 2.11 bits per heavy atom. The average molecular weight is 254 g/mol. The highest BCUT2D eigenvalue weighted by Crippen LogP contribution is 2.26. The summed E-state index contributed by atoms with van der Waals surface area (Å²) in [5.74, 6) is 1.20. The van der Waals surface area contributed by atoms with E-state index in [1.165, 1.54) is 0 Å². The molecule has 0 fully saturated rings. The highest BCUT2D eigenvalue weighted by atomic mass is 16.5. The maximum absolute atomic E-state index is 9.38. The lowest BCUT2D eigenvalue weighted by Gasteiger charge is -2.09. The summed E-state index contributed by atoms with van der Waals surface area (Å²) in [4.78, 5) is 4.11. The van der Waals surface area contributed by atoms with Gasteiger partial charge in [0, 0.05) is 0 Å². The summed E-state index contributed by atoms with van der Waals surface area (Å²) in [7, 11) is 0. The lowest BCUT2D eigenvalue weighted by Crippen LogP contribution is -1.95. The summed E-state index contributed by atoms with van der Waals surface area (Å²) in [5.41, 5.74) is 2.09. The largest absolute Gasteiger partial charge is 0.455 e. The van der Waals surface area contributed by atoms with E-state index in [9.17, 15) is 5.11 Å². The number of benzene rings is 1. The topological polar surface area (TPSA) is 66.1 Å². The Kier molecular flexibility index (Phi) is 3.79. The fraction of sp³-hybridized carbons (Fsp3) is 0.200. The van der Waals surface area contributed by atoms with Crippen LogP contribution in [0.4, 0.5) is 0 Å². The van der Waals surface area contributed by atoms with Crippen molar-refractivity contribution in [1.29, 1.82) is 5.26 Å². The summed E-state index contributed by atoms with van der Waals surface area (Å²) >= 11 is 0. The van der Waals surface area contributed by atoms with Gasteiger partial charge in [-0.2, -0.15) is 5.26 Å². The van der Waals surface area contributed by atoms with E-state index in [0.717, 1.165) is 5.56 Å². The van der Waals surface area contributed by atoms with Crippen LogP contribution in [0.15, 0.2) is 36.5 Å². The lowest BCUT2D eigenvalue weighted by atomic mass is 10.1. The zero-order chi connectivity index (χ0) is 13.8. The molecule has 0 bridgehead atoms. The molecule has 0 saturated carbocycles. The first kappa shape index (κ1) is 13.1. The number of pyridine rings is 1. The van der Waals surface area contributed by atoms with Crippen LogP contribution in [0.25, 0.3) is 0 Å². The van der Waals surface area contributed by atoms with Gasteiger partial charge in [-0.25, -0.2) is 0 Å². The van der Waals surface area contributed by atoms with Crippen molar-refractivity contribution in [2.24, 2.45) is 0 Å². The summed E-state index contributed by atoms with van der Waals surface area (Å²) in [6.07, 6.45) is 0.957. The summed E-state index contributed by atoms with van der Waals surface area (Å²) < 4.78 is 5.69. The Balaban J connectivity index is 2.24. The maximum atomic E-state index is 9.38. The van der Waals surface area contributed by atoms with Gasteiger partial charge in [0.05, 0.1) is 29.6 Å². The molecular weight excluding hydrogens is 240 g/mol. The molecule has 0 saturated heterocycles. The highest BCUT2D eigenvalue weighted by molar-refractivity contribution is 5.43. The third-order valence-electron chi connectivity index (χ3n) is 2.73. The molecule has 4 nitrogen and oxygen atoms in total. The molecule has 1 aromatic carbocycles. The van der Waals surface area contributed by atoms with Gasteiger partial charge in [-0.15, -0.1) is 0 Å². The number of nitrogens with zero attached hydrogens (tertiary/aromatic N) is 2. The molecule has 96 valence electrons. The van der Waals surface area contributed by atoms with Crippen molar-refractivity contribution in [1.82, 2.24) is 4.98 Å². The zero-order valence-corrected chi connectivity index (χ0v) is 10.8. The van der Waals surface area contributed by atoms with E-state index in [4.69, 9.17) is 10.00 Å². The van der Waals surface area contributed by atoms with Crippen molar-refractivity contribution in [3.05, 3.63) is 53.3 Å². The molecule has 1 N–H and O–H groups in total. The van der Waals surface area contributed by atoms with Crippen molar-refractivity contribution >= 4 is 0 Å². The fourth-order valence-corrected chi connectivity index (χ4v) is 1.61. The maximum Gasteiger partial charge on any atom is 0.145 e. The van der Waals surface area contributed by atoms with Crippen LogP contribution >= 0.6 is 0 Å². The minimum atomic E-state index is -0.599. The van der Waals surface area contributed by atoms with Gasteiger partial charge in [0.1, 0.15) is 11.5 Å². The average Bonchev–Trinajstić information content (AvgIpc) is 2.42. The third kappa shape index (κ3) is 3.09. The van der Waals surface area contributed by atoms with Gasteiger partial charge >= 0.3 is 0 Å². The first-order valence-corrected chi connectivity index (χ1v) is 5.93. The highest BCUT2D eigenvalue weighted by Gasteiger charge is 2.06. The van der Waals surface area contributed by atoms with Gasteiger partial charge < -0.3 is 9.84 Å². The number of hydrogen-bond acceptors (Lipinski definition) is 4. The zero-order valence-electron chi connectivity index (χ0n) is 10.8. The molecular formula is C15H14N2O2. The van der Waals surface area contributed by atoms with Gasteiger partial charge in [-0.1, -0.05) is 6.07 Å². The van der Waals surface area contributed by atoms with Crippen LogP contribution in [-0.4, -0.2) is 10.1 Å². The lowest BCUT2D eigenvalue weighted by molar-refractivity contribution is 0.194. The second kappa shape index (κ2) is 5.51. The van der Waals surface area contributed by atoms with Crippen LogP contribution in [0, 0.1) is 18.3 Å². The van der Waals surface area contributed by atoms with Crippen molar-refractivity contribution in [2.45, 2.75) is 20.0 Å². The molecule has 0 aliphatic heterocycles. The smallest absolute Gasteiger partial charge is 0.145 e. The number of rotatable bonds is 3. The summed E-state index contributed by atoms with van der Waals surface area (Å²) in [6, 6.07) is 10.8. The first-order chi connectivity index (χ1) is 9.10. The van der Waals surface area contributed by atoms with Gasteiger partial charge in [-0.05, 0) is 43.7 Å². The van der Waals surface area contributed by atoms with E-state index >= 15 is 0 Å². The molecule has 0 radical (unpaired) electrons. The molecule has 2 rings (SSSR count). The second-order valence-corrected chi connectivity index (χ2v) is 4.29. The molecule has 1 heterocycles. The van der Waals surface area contributed by atoms with E-state index in [1.54, 1.807) is 37.4 Å². The molecule has 0 aliphatic carbocycles. The van der Waals surface area contributed by atoms with E-state index in [1.807, 2.05) is 13.0 Å². The normalized spacial score (nSPS) is 11.7. The summed E-state index contributed by atoms with van der Waals surface area (Å²) in [5, 5.41) is 18.2. The van der Waals surface area contributed by atoms with Gasteiger partial charge in [0.15, 0.2) is 0 Å². The van der Waals surface area contributed by atoms with Crippen molar-refractivity contribution < 1.29 is 9.84 Å². The van der Waals surface area contributed by atoms with Gasteiger partial charge in [0.2, 0.25) is 0 Å². The predicted molar refractivity (Wildman–Crippen MR) is 70.8 cm³/mol. The van der Waals surface area contributed by atoms with Crippen LogP contribution < -0.4 is 4.74 Å². The minimum Gasteiger partial charge on any atom is -0.455 e. The van der Waals surface area contributed by atoms with Crippen LogP contribution in [0.1, 0.15) is 29.8 Å². The molecule has 0 unspecified atom stereocenters. The Morgan fingerprint density at radius 1 is 1.32 bits per heavy atom. The molecule has 1 atom stereocenters.